The average Bonchev–Trinajstić information content (AvgIpc) is 2.72. The Hall–Kier alpha value is -0.810. The fraction of sp³-hybridized carbons (Fsp3) is 0.400. The number of imidazole rings is 1. The molecule has 0 amide bonds. The smallest absolute Gasteiger partial charge is 0.131 e. The van der Waals surface area contributed by atoms with Gasteiger partial charge >= 0.3 is 0 Å². The molecule has 2 N–H and O–H groups in total. The molecule has 1 aromatic heterocycles. The molecule has 3 nitrogen and oxygen atoms in total. The minimum absolute atomic E-state index is 0.768. The Labute approximate surface area is 136 Å². The van der Waals surface area contributed by atoms with Crippen LogP contribution in [0.5, 0.6) is 0 Å². The van der Waals surface area contributed by atoms with Gasteiger partial charge in [-0.3, -0.25) is 0 Å². The van der Waals surface area contributed by atoms with E-state index in [2.05, 4.69) is 56.3 Å². The molecule has 0 spiro atoms. The largest absolute Gasteiger partial charge is 0.383 e. The summed E-state index contributed by atoms with van der Waals surface area (Å²) in [6.45, 7) is 5.24. The second kappa shape index (κ2) is 6.76. The van der Waals surface area contributed by atoms with E-state index in [1.54, 1.807) is 0 Å². The number of aromatic nitrogens is 2. The molecular formula is C15H19Br2N3. The zero-order valence-electron chi connectivity index (χ0n) is 11.8. The third kappa shape index (κ3) is 3.09. The molecule has 0 atom stereocenters. The first-order valence-corrected chi connectivity index (χ1v) is 8.47. The lowest BCUT2D eigenvalue weighted by Crippen LogP contribution is -2.06. The van der Waals surface area contributed by atoms with Gasteiger partial charge in [0, 0.05) is 27.5 Å². The topological polar surface area (TPSA) is 43.8 Å². The van der Waals surface area contributed by atoms with Crippen LogP contribution in [0.4, 0.5) is 5.82 Å². The SMILES string of the molecule is CCCc1nc(-c2ccc(Br)c(Br)c2)c(N)n1CCC. The van der Waals surface area contributed by atoms with Gasteiger partial charge < -0.3 is 10.3 Å². The van der Waals surface area contributed by atoms with Crippen LogP contribution in [0, 0.1) is 0 Å². The predicted molar refractivity (Wildman–Crippen MR) is 91.8 cm³/mol. The molecule has 1 aromatic carbocycles. The Morgan fingerprint density at radius 2 is 1.90 bits per heavy atom. The number of nitrogens with two attached hydrogens (primary N) is 1. The molecule has 108 valence electrons. The first-order valence-electron chi connectivity index (χ1n) is 6.88. The maximum Gasteiger partial charge on any atom is 0.131 e. The molecule has 5 heteroatoms. The van der Waals surface area contributed by atoms with Crippen LogP contribution < -0.4 is 5.73 Å². The van der Waals surface area contributed by atoms with Crippen LogP contribution >= 0.6 is 31.9 Å². The zero-order valence-corrected chi connectivity index (χ0v) is 15.0. The van der Waals surface area contributed by atoms with E-state index in [1.807, 2.05) is 12.1 Å². The van der Waals surface area contributed by atoms with Crippen molar-refractivity contribution in [1.82, 2.24) is 9.55 Å². The molecule has 0 unspecified atom stereocenters. The number of aryl methyl sites for hydroxylation is 1. The van der Waals surface area contributed by atoms with Gasteiger partial charge in [0.25, 0.3) is 0 Å². The molecule has 20 heavy (non-hydrogen) atoms. The van der Waals surface area contributed by atoms with Crippen molar-refractivity contribution in [3.8, 4) is 11.3 Å². The van der Waals surface area contributed by atoms with E-state index >= 15 is 0 Å². The first-order chi connectivity index (χ1) is 9.58. The van der Waals surface area contributed by atoms with Gasteiger partial charge in [0.2, 0.25) is 0 Å². The summed E-state index contributed by atoms with van der Waals surface area (Å²) in [5.41, 5.74) is 8.24. The van der Waals surface area contributed by atoms with Crippen molar-refractivity contribution in [2.75, 3.05) is 5.73 Å². The normalized spacial score (nSPS) is 11.0. The number of anilines is 1. The van der Waals surface area contributed by atoms with Crippen molar-refractivity contribution in [3.05, 3.63) is 33.0 Å². The maximum atomic E-state index is 6.31. The number of halogens is 2. The number of nitrogens with zero attached hydrogens (tertiary/aromatic N) is 2. The monoisotopic (exact) mass is 399 g/mol. The lowest BCUT2D eigenvalue weighted by Gasteiger charge is -2.07. The highest BCUT2D eigenvalue weighted by atomic mass is 79.9. The number of nitrogen functional groups attached to an aromatic ring is 1. The number of rotatable bonds is 5. The van der Waals surface area contributed by atoms with Crippen LogP contribution in [-0.4, -0.2) is 9.55 Å². The highest BCUT2D eigenvalue weighted by Gasteiger charge is 2.15. The van der Waals surface area contributed by atoms with E-state index in [9.17, 15) is 0 Å². The molecule has 0 saturated carbocycles. The van der Waals surface area contributed by atoms with Gasteiger partial charge in [-0.1, -0.05) is 19.9 Å². The van der Waals surface area contributed by atoms with Crippen LogP contribution in [0.15, 0.2) is 27.1 Å². The Kier molecular flexibility index (Phi) is 5.27. The van der Waals surface area contributed by atoms with Gasteiger partial charge in [-0.15, -0.1) is 0 Å². The number of hydrogen-bond acceptors (Lipinski definition) is 2. The molecule has 2 aromatic rings. The van der Waals surface area contributed by atoms with Crippen molar-refractivity contribution in [3.63, 3.8) is 0 Å². The maximum absolute atomic E-state index is 6.31. The molecular weight excluding hydrogens is 382 g/mol. The standard InChI is InChI=1S/C15H19Br2N3/c1-3-5-13-19-14(15(18)20(13)8-4-2)10-6-7-11(16)12(17)9-10/h6-7,9H,3-5,8,18H2,1-2H3. The third-order valence-corrected chi connectivity index (χ3v) is 5.08. The molecule has 0 fully saturated rings. The summed E-state index contributed by atoms with van der Waals surface area (Å²) in [7, 11) is 0. The van der Waals surface area contributed by atoms with E-state index < -0.39 is 0 Å². The molecule has 0 bridgehead atoms. The van der Waals surface area contributed by atoms with Gasteiger partial charge in [-0.2, -0.15) is 0 Å². The van der Waals surface area contributed by atoms with E-state index in [-0.39, 0.29) is 0 Å². The van der Waals surface area contributed by atoms with E-state index in [0.29, 0.717) is 0 Å². The Morgan fingerprint density at radius 1 is 1.15 bits per heavy atom. The van der Waals surface area contributed by atoms with E-state index in [4.69, 9.17) is 10.7 Å². The first kappa shape index (κ1) is 15.6. The Balaban J connectivity index is 2.50. The van der Waals surface area contributed by atoms with Crippen LogP contribution in [0.1, 0.15) is 32.5 Å². The molecule has 0 radical (unpaired) electrons. The van der Waals surface area contributed by atoms with Gasteiger partial charge in [0.15, 0.2) is 0 Å². The molecule has 0 saturated heterocycles. The van der Waals surface area contributed by atoms with Crippen molar-refractivity contribution in [2.24, 2.45) is 0 Å². The molecule has 2 rings (SSSR count). The minimum atomic E-state index is 0.768. The van der Waals surface area contributed by atoms with E-state index in [0.717, 1.165) is 57.7 Å². The van der Waals surface area contributed by atoms with Crippen molar-refractivity contribution in [1.29, 1.82) is 0 Å². The lowest BCUT2D eigenvalue weighted by atomic mass is 10.1. The summed E-state index contributed by atoms with van der Waals surface area (Å²) in [5, 5.41) is 0. The van der Waals surface area contributed by atoms with Gasteiger partial charge in [-0.05, 0) is 56.8 Å². The minimum Gasteiger partial charge on any atom is -0.383 e. The van der Waals surface area contributed by atoms with Gasteiger partial charge in [0.1, 0.15) is 17.3 Å². The van der Waals surface area contributed by atoms with Gasteiger partial charge in [0.05, 0.1) is 0 Å². The third-order valence-electron chi connectivity index (χ3n) is 3.20. The highest BCUT2D eigenvalue weighted by Crippen LogP contribution is 2.32. The van der Waals surface area contributed by atoms with Crippen molar-refractivity contribution in [2.45, 2.75) is 39.7 Å². The van der Waals surface area contributed by atoms with Crippen molar-refractivity contribution >= 4 is 37.7 Å². The summed E-state index contributed by atoms with van der Waals surface area (Å²) >= 11 is 7.02. The van der Waals surface area contributed by atoms with Crippen molar-refractivity contribution < 1.29 is 0 Å². The van der Waals surface area contributed by atoms with E-state index in [1.165, 1.54) is 0 Å². The van der Waals surface area contributed by atoms with Crippen LogP contribution in [0.3, 0.4) is 0 Å². The molecule has 0 aliphatic carbocycles. The Morgan fingerprint density at radius 3 is 2.50 bits per heavy atom. The Bertz CT molecular complexity index is 605. The second-order valence-corrected chi connectivity index (χ2v) is 6.50. The summed E-state index contributed by atoms with van der Waals surface area (Å²) in [4.78, 5) is 4.76. The quantitative estimate of drug-likeness (QED) is 0.765. The number of hydrogen-bond donors (Lipinski definition) is 1. The molecule has 0 aliphatic heterocycles. The second-order valence-electron chi connectivity index (χ2n) is 4.79. The highest BCUT2D eigenvalue weighted by molar-refractivity contribution is 9.13. The lowest BCUT2D eigenvalue weighted by molar-refractivity contribution is 0.637. The fourth-order valence-electron chi connectivity index (χ4n) is 2.26. The molecule has 0 aliphatic rings. The van der Waals surface area contributed by atoms with Crippen LogP contribution in [0.25, 0.3) is 11.3 Å². The zero-order chi connectivity index (χ0) is 14.7. The number of benzene rings is 1. The average molecular weight is 401 g/mol. The van der Waals surface area contributed by atoms with Crippen LogP contribution in [0.2, 0.25) is 0 Å². The summed E-state index contributed by atoms with van der Waals surface area (Å²) in [6.07, 6.45) is 3.09. The summed E-state index contributed by atoms with van der Waals surface area (Å²) in [5.74, 6) is 1.85. The predicted octanol–water partition coefficient (Wildman–Crippen LogP) is 5.02. The summed E-state index contributed by atoms with van der Waals surface area (Å²) in [6, 6.07) is 6.10. The molecule has 1 heterocycles. The summed E-state index contributed by atoms with van der Waals surface area (Å²) < 4.78 is 4.19. The fourth-order valence-corrected chi connectivity index (χ4v) is 2.88. The van der Waals surface area contributed by atoms with Gasteiger partial charge in [-0.25, -0.2) is 4.98 Å². The van der Waals surface area contributed by atoms with Crippen LogP contribution in [-0.2, 0) is 13.0 Å².